The third-order valence-corrected chi connectivity index (χ3v) is 8.68. The van der Waals surface area contributed by atoms with E-state index in [9.17, 15) is 18.0 Å². The SMILES string of the molecule is Cc1ccc(C(=O)Nc2cc(CN3CCN(C4CCC4)CC3)c(F)c(C(F)(F)F)c2)cc1N(N)/C=C(\N)c1cnn(C)c1C. The van der Waals surface area contributed by atoms with Gasteiger partial charge in [-0.25, -0.2) is 10.2 Å². The quantitative estimate of drug-likeness (QED) is 0.191. The van der Waals surface area contributed by atoms with Gasteiger partial charge in [0, 0.05) is 80.1 Å². The van der Waals surface area contributed by atoms with E-state index in [2.05, 4.69) is 15.3 Å². The normalized spacial score (nSPS) is 17.0. The molecule has 0 spiro atoms. The van der Waals surface area contributed by atoms with E-state index >= 15 is 4.39 Å². The topological polar surface area (TPSA) is 109 Å². The Kier molecular flexibility index (Phi) is 9.00. The summed E-state index contributed by atoms with van der Waals surface area (Å²) in [7, 11) is 1.79. The molecule has 0 atom stereocenters. The molecule has 5 rings (SSSR count). The Hall–Kier alpha value is -3.94. The average Bonchev–Trinajstić information content (AvgIpc) is 3.27. The molecule has 1 saturated heterocycles. The van der Waals surface area contributed by atoms with Crippen LogP contribution in [0.3, 0.4) is 0 Å². The Morgan fingerprint density at radius 2 is 1.84 bits per heavy atom. The highest BCUT2D eigenvalue weighted by Crippen LogP contribution is 2.36. The van der Waals surface area contributed by atoms with Crippen molar-refractivity contribution in [1.29, 1.82) is 0 Å². The summed E-state index contributed by atoms with van der Waals surface area (Å²) in [4.78, 5) is 17.6. The molecule has 0 unspecified atom stereocenters. The molecule has 2 heterocycles. The standard InChI is InChI=1S/C31H38F4N8O/c1-19-7-8-21(14-28(19)43(37)18-27(36)25-16-38-40(3)20(25)2)30(44)39-23-13-22(29(32)26(15-23)31(33,34)35)17-41-9-11-42(12-10-41)24-5-4-6-24/h7-8,13-16,18,24H,4-6,9-12,17,36-37H2,1-3H3,(H,39,44)/b27-18-. The lowest BCUT2D eigenvalue weighted by Gasteiger charge is -2.43. The maximum Gasteiger partial charge on any atom is 0.419 e. The number of rotatable bonds is 8. The van der Waals surface area contributed by atoms with E-state index < -0.39 is 23.5 Å². The number of carbonyl (C=O) groups excluding carboxylic acids is 1. The molecule has 2 fully saturated rings. The summed E-state index contributed by atoms with van der Waals surface area (Å²) in [6, 6.07) is 7.22. The minimum Gasteiger partial charge on any atom is -0.397 e. The minimum absolute atomic E-state index is 0.0120. The molecule has 13 heteroatoms. The summed E-state index contributed by atoms with van der Waals surface area (Å²) in [5.74, 6) is 4.30. The van der Waals surface area contributed by atoms with Crippen molar-refractivity contribution < 1.29 is 22.4 Å². The molecular weight excluding hydrogens is 576 g/mol. The van der Waals surface area contributed by atoms with Crippen molar-refractivity contribution in [3.63, 3.8) is 0 Å². The summed E-state index contributed by atoms with van der Waals surface area (Å²) >= 11 is 0. The summed E-state index contributed by atoms with van der Waals surface area (Å²) in [5, 5.41) is 7.98. The first-order valence-corrected chi connectivity index (χ1v) is 14.6. The highest BCUT2D eigenvalue weighted by molar-refractivity contribution is 6.05. The van der Waals surface area contributed by atoms with Crippen LogP contribution in [0.1, 0.15) is 57.6 Å². The smallest absolute Gasteiger partial charge is 0.397 e. The Morgan fingerprint density at radius 3 is 2.43 bits per heavy atom. The second-order valence-electron chi connectivity index (χ2n) is 11.6. The van der Waals surface area contributed by atoms with Crippen molar-refractivity contribution in [3.05, 3.63) is 82.1 Å². The molecule has 9 nitrogen and oxygen atoms in total. The summed E-state index contributed by atoms with van der Waals surface area (Å²) in [6.45, 7) is 6.53. The monoisotopic (exact) mass is 614 g/mol. The van der Waals surface area contributed by atoms with Crippen LogP contribution in [0.5, 0.6) is 0 Å². The number of aromatic nitrogens is 2. The van der Waals surface area contributed by atoms with Gasteiger partial charge in [0.15, 0.2) is 0 Å². The molecule has 2 aliphatic rings. The summed E-state index contributed by atoms with van der Waals surface area (Å²) in [5.41, 5.74) is 7.81. The predicted octanol–water partition coefficient (Wildman–Crippen LogP) is 4.75. The van der Waals surface area contributed by atoms with Crippen LogP contribution < -0.4 is 21.9 Å². The molecule has 1 aliphatic heterocycles. The van der Waals surface area contributed by atoms with Gasteiger partial charge in [-0.3, -0.25) is 24.3 Å². The van der Waals surface area contributed by atoms with Crippen LogP contribution in [-0.2, 0) is 19.8 Å². The first-order valence-electron chi connectivity index (χ1n) is 14.6. The van der Waals surface area contributed by atoms with Gasteiger partial charge in [0.25, 0.3) is 5.91 Å². The first-order chi connectivity index (χ1) is 20.8. The number of aryl methyl sites for hydroxylation is 2. The van der Waals surface area contributed by atoms with Crippen LogP contribution in [0.2, 0.25) is 0 Å². The van der Waals surface area contributed by atoms with Crippen LogP contribution in [0.15, 0.2) is 42.7 Å². The van der Waals surface area contributed by atoms with E-state index in [1.54, 1.807) is 30.9 Å². The Morgan fingerprint density at radius 1 is 1.14 bits per heavy atom. The van der Waals surface area contributed by atoms with Gasteiger partial charge in [-0.05, 0) is 56.5 Å². The zero-order valence-electron chi connectivity index (χ0n) is 25.1. The lowest BCUT2D eigenvalue weighted by atomic mass is 9.91. The second-order valence-corrected chi connectivity index (χ2v) is 11.6. The Labute approximate surface area is 254 Å². The largest absolute Gasteiger partial charge is 0.419 e. The van der Waals surface area contributed by atoms with E-state index in [1.807, 2.05) is 11.8 Å². The van der Waals surface area contributed by atoms with Crippen molar-refractivity contribution in [2.45, 2.75) is 51.9 Å². The predicted molar refractivity (Wildman–Crippen MR) is 162 cm³/mol. The number of anilines is 2. The van der Waals surface area contributed by atoms with Gasteiger partial charge < -0.3 is 11.1 Å². The molecule has 2 aromatic carbocycles. The van der Waals surface area contributed by atoms with Gasteiger partial charge in [0.05, 0.1) is 23.1 Å². The highest BCUT2D eigenvalue weighted by atomic mass is 19.4. The molecule has 1 aliphatic carbocycles. The number of hydrazine groups is 1. The van der Waals surface area contributed by atoms with Crippen molar-refractivity contribution in [3.8, 4) is 0 Å². The molecule has 236 valence electrons. The number of benzene rings is 2. The van der Waals surface area contributed by atoms with Gasteiger partial charge in [-0.2, -0.15) is 18.3 Å². The van der Waals surface area contributed by atoms with E-state index in [0.717, 1.165) is 24.3 Å². The fourth-order valence-electron chi connectivity index (χ4n) is 5.66. The number of alkyl halides is 3. The lowest BCUT2D eigenvalue weighted by Crippen LogP contribution is -2.51. The highest BCUT2D eigenvalue weighted by Gasteiger charge is 2.36. The van der Waals surface area contributed by atoms with Gasteiger partial charge in [0.1, 0.15) is 5.82 Å². The van der Waals surface area contributed by atoms with E-state index in [0.29, 0.717) is 42.1 Å². The first kappa shape index (κ1) is 31.5. The zero-order chi connectivity index (χ0) is 31.8. The third-order valence-electron chi connectivity index (χ3n) is 8.68. The summed E-state index contributed by atoms with van der Waals surface area (Å²) < 4.78 is 58.4. The molecule has 3 aromatic rings. The Bertz CT molecular complexity index is 1550. The van der Waals surface area contributed by atoms with Crippen LogP contribution in [0.4, 0.5) is 28.9 Å². The van der Waals surface area contributed by atoms with E-state index in [-0.39, 0.29) is 23.4 Å². The van der Waals surface area contributed by atoms with Crippen molar-refractivity contribution >= 4 is 23.0 Å². The van der Waals surface area contributed by atoms with Gasteiger partial charge in [0.2, 0.25) is 0 Å². The van der Waals surface area contributed by atoms with Crippen LogP contribution >= 0.6 is 0 Å². The number of nitrogens with two attached hydrogens (primary N) is 2. The van der Waals surface area contributed by atoms with Crippen LogP contribution in [0.25, 0.3) is 5.70 Å². The van der Waals surface area contributed by atoms with Gasteiger partial charge in [-0.15, -0.1) is 0 Å². The average molecular weight is 615 g/mol. The third kappa shape index (κ3) is 6.74. The number of amides is 1. The number of hydrogen-bond acceptors (Lipinski definition) is 7. The molecule has 44 heavy (non-hydrogen) atoms. The molecule has 0 radical (unpaired) electrons. The molecular formula is C31H38F4N8O. The molecule has 5 N–H and O–H groups in total. The van der Waals surface area contributed by atoms with Gasteiger partial charge >= 0.3 is 6.18 Å². The number of halogens is 4. The second kappa shape index (κ2) is 12.6. The number of hydrogen-bond donors (Lipinski definition) is 3. The number of piperazine rings is 1. The number of carbonyl (C=O) groups is 1. The molecule has 1 amide bonds. The fourth-order valence-corrected chi connectivity index (χ4v) is 5.66. The maximum atomic E-state index is 15.2. The minimum atomic E-state index is -4.93. The summed E-state index contributed by atoms with van der Waals surface area (Å²) in [6.07, 6.45) is 1.76. The molecule has 1 aromatic heterocycles. The molecule has 0 bridgehead atoms. The maximum absolute atomic E-state index is 15.2. The van der Waals surface area contributed by atoms with E-state index in [4.69, 9.17) is 11.6 Å². The number of nitrogens with zero attached hydrogens (tertiary/aromatic N) is 5. The van der Waals surface area contributed by atoms with E-state index in [1.165, 1.54) is 48.7 Å². The van der Waals surface area contributed by atoms with Crippen LogP contribution in [-0.4, -0.2) is 57.7 Å². The number of nitrogens with one attached hydrogen (secondary N) is 1. The molecule has 1 saturated carbocycles. The zero-order valence-corrected chi connectivity index (χ0v) is 25.1. The lowest BCUT2D eigenvalue weighted by molar-refractivity contribution is -0.140. The van der Waals surface area contributed by atoms with Crippen LogP contribution in [0, 0.1) is 19.7 Å². The van der Waals surface area contributed by atoms with Gasteiger partial charge in [-0.1, -0.05) is 12.5 Å². The van der Waals surface area contributed by atoms with Crippen molar-refractivity contribution in [1.82, 2.24) is 19.6 Å². The fraction of sp³-hybridized carbons (Fsp3) is 0.419. The van der Waals surface area contributed by atoms with Crippen molar-refractivity contribution in [2.75, 3.05) is 36.5 Å². The Balaban J connectivity index is 1.35. The van der Waals surface area contributed by atoms with Crippen molar-refractivity contribution in [2.24, 2.45) is 18.6 Å².